The molecule has 0 radical (unpaired) electrons. The average molecular weight is 205 g/mol. The Morgan fingerprint density at radius 2 is 2.33 bits per heavy atom. The molecule has 0 fully saturated rings. The van der Waals surface area contributed by atoms with Gasteiger partial charge >= 0.3 is 0 Å². The van der Waals surface area contributed by atoms with Crippen LogP contribution in [0.2, 0.25) is 0 Å². The van der Waals surface area contributed by atoms with Gasteiger partial charge in [0.1, 0.15) is 11.6 Å². The van der Waals surface area contributed by atoms with E-state index in [1.54, 1.807) is 6.07 Å². The highest BCUT2D eigenvalue weighted by atomic mass is 16.5. The smallest absolute Gasteiger partial charge is 0.231 e. The molecule has 1 aromatic rings. The molecule has 0 atom stereocenters. The fourth-order valence-corrected chi connectivity index (χ4v) is 1.05. The largest absolute Gasteiger partial charge is 0.477 e. The summed E-state index contributed by atoms with van der Waals surface area (Å²) in [5.41, 5.74) is 6.37. The zero-order chi connectivity index (χ0) is 11.3. The number of nitriles is 1. The lowest BCUT2D eigenvalue weighted by Crippen LogP contribution is -2.04. The van der Waals surface area contributed by atoms with Gasteiger partial charge in [0.2, 0.25) is 5.88 Å². The molecule has 1 rings (SSSR count). The Balaban J connectivity index is 2.65. The predicted octanol–water partition coefficient (Wildman–Crippen LogP) is 1.96. The van der Waals surface area contributed by atoms with Crippen LogP contribution in [0.1, 0.15) is 25.8 Å². The zero-order valence-electron chi connectivity index (χ0n) is 9.03. The number of ether oxygens (including phenoxy) is 1. The second-order valence-electron chi connectivity index (χ2n) is 3.76. The van der Waals surface area contributed by atoms with Gasteiger partial charge in [-0.2, -0.15) is 5.26 Å². The van der Waals surface area contributed by atoms with Crippen LogP contribution in [0.3, 0.4) is 0 Å². The molecule has 2 N–H and O–H groups in total. The van der Waals surface area contributed by atoms with Crippen LogP contribution < -0.4 is 10.5 Å². The number of hydrogen-bond donors (Lipinski definition) is 1. The summed E-state index contributed by atoms with van der Waals surface area (Å²) >= 11 is 0. The van der Waals surface area contributed by atoms with E-state index in [0.29, 0.717) is 29.7 Å². The fourth-order valence-electron chi connectivity index (χ4n) is 1.05. The van der Waals surface area contributed by atoms with Crippen LogP contribution in [0.15, 0.2) is 12.3 Å². The van der Waals surface area contributed by atoms with Gasteiger partial charge in [0.05, 0.1) is 18.5 Å². The van der Waals surface area contributed by atoms with Crippen molar-refractivity contribution in [3.8, 4) is 11.9 Å². The molecule has 0 aliphatic rings. The van der Waals surface area contributed by atoms with Crippen LogP contribution in [-0.4, -0.2) is 11.6 Å². The highest BCUT2D eigenvalue weighted by molar-refractivity contribution is 5.48. The van der Waals surface area contributed by atoms with E-state index in [-0.39, 0.29) is 0 Å². The first-order valence-electron chi connectivity index (χ1n) is 4.92. The third-order valence-electron chi connectivity index (χ3n) is 1.93. The lowest BCUT2D eigenvalue weighted by atomic mass is 10.1. The third-order valence-corrected chi connectivity index (χ3v) is 1.93. The Morgan fingerprint density at radius 3 is 2.93 bits per heavy atom. The maximum Gasteiger partial charge on any atom is 0.231 e. The lowest BCUT2D eigenvalue weighted by Gasteiger charge is -2.08. The maximum absolute atomic E-state index is 8.83. The minimum Gasteiger partial charge on any atom is -0.477 e. The molecule has 0 unspecified atom stereocenters. The zero-order valence-corrected chi connectivity index (χ0v) is 9.03. The molecule has 0 aromatic carbocycles. The predicted molar refractivity (Wildman–Crippen MR) is 58.3 cm³/mol. The van der Waals surface area contributed by atoms with Crippen LogP contribution in [0, 0.1) is 17.2 Å². The van der Waals surface area contributed by atoms with Crippen molar-refractivity contribution in [1.82, 2.24) is 4.98 Å². The number of hydrogen-bond acceptors (Lipinski definition) is 4. The second kappa shape index (κ2) is 5.20. The van der Waals surface area contributed by atoms with Crippen molar-refractivity contribution in [1.29, 1.82) is 5.26 Å². The number of pyridine rings is 1. The fraction of sp³-hybridized carbons (Fsp3) is 0.455. The molecule has 4 nitrogen and oxygen atoms in total. The molecule has 1 heterocycles. The van der Waals surface area contributed by atoms with Crippen molar-refractivity contribution < 1.29 is 4.74 Å². The van der Waals surface area contributed by atoms with E-state index in [0.717, 1.165) is 6.42 Å². The maximum atomic E-state index is 8.83. The highest BCUT2D eigenvalue weighted by Gasteiger charge is 2.05. The van der Waals surface area contributed by atoms with E-state index >= 15 is 0 Å². The van der Waals surface area contributed by atoms with E-state index in [1.807, 2.05) is 6.07 Å². The van der Waals surface area contributed by atoms with Crippen molar-refractivity contribution >= 4 is 5.69 Å². The van der Waals surface area contributed by atoms with E-state index in [4.69, 9.17) is 15.7 Å². The highest BCUT2D eigenvalue weighted by Crippen LogP contribution is 2.17. The Hall–Kier alpha value is -1.76. The normalized spacial score (nSPS) is 10.0. The summed E-state index contributed by atoms with van der Waals surface area (Å²) in [6.07, 6.45) is 2.43. The third kappa shape index (κ3) is 3.47. The number of nitrogens with zero attached hydrogens (tertiary/aromatic N) is 2. The van der Waals surface area contributed by atoms with Crippen LogP contribution in [0.25, 0.3) is 0 Å². The molecular weight excluding hydrogens is 190 g/mol. The molecule has 15 heavy (non-hydrogen) atoms. The topological polar surface area (TPSA) is 71.9 Å². The Kier molecular flexibility index (Phi) is 3.92. The molecule has 0 aliphatic heterocycles. The van der Waals surface area contributed by atoms with Crippen LogP contribution in [0.5, 0.6) is 5.88 Å². The SMILES string of the molecule is CC(C)CCOc1ncc(N)cc1C#N. The van der Waals surface area contributed by atoms with E-state index < -0.39 is 0 Å². The molecule has 0 spiro atoms. The number of anilines is 1. The van der Waals surface area contributed by atoms with Gasteiger partial charge in [-0.25, -0.2) is 4.98 Å². The molecule has 4 heteroatoms. The van der Waals surface area contributed by atoms with Crippen molar-refractivity contribution in [3.63, 3.8) is 0 Å². The first kappa shape index (κ1) is 11.3. The van der Waals surface area contributed by atoms with Gasteiger partial charge in [-0.15, -0.1) is 0 Å². The first-order valence-corrected chi connectivity index (χ1v) is 4.92. The van der Waals surface area contributed by atoms with Crippen molar-refractivity contribution in [2.24, 2.45) is 5.92 Å². The van der Waals surface area contributed by atoms with E-state index in [1.165, 1.54) is 6.20 Å². The summed E-state index contributed by atoms with van der Waals surface area (Å²) in [7, 11) is 0. The molecule has 0 bridgehead atoms. The van der Waals surface area contributed by atoms with Gasteiger partial charge in [-0.1, -0.05) is 13.8 Å². The van der Waals surface area contributed by atoms with Crippen LogP contribution in [0.4, 0.5) is 5.69 Å². The van der Waals surface area contributed by atoms with Gasteiger partial charge in [0, 0.05) is 0 Å². The summed E-state index contributed by atoms with van der Waals surface area (Å²) in [6, 6.07) is 3.57. The molecule has 80 valence electrons. The van der Waals surface area contributed by atoms with Gasteiger partial charge < -0.3 is 10.5 Å². The number of aromatic nitrogens is 1. The minimum atomic E-state index is 0.368. The number of nitrogen functional groups attached to an aromatic ring is 1. The molecule has 0 amide bonds. The first-order chi connectivity index (χ1) is 7.13. The Labute approximate surface area is 89.7 Å². The van der Waals surface area contributed by atoms with Gasteiger partial charge in [-0.05, 0) is 18.4 Å². The Morgan fingerprint density at radius 1 is 1.60 bits per heavy atom. The van der Waals surface area contributed by atoms with E-state index in [9.17, 15) is 0 Å². The van der Waals surface area contributed by atoms with Crippen molar-refractivity contribution in [3.05, 3.63) is 17.8 Å². The lowest BCUT2D eigenvalue weighted by molar-refractivity contribution is 0.278. The summed E-state index contributed by atoms with van der Waals surface area (Å²) in [4.78, 5) is 3.98. The van der Waals surface area contributed by atoms with Crippen molar-refractivity contribution in [2.45, 2.75) is 20.3 Å². The molecule has 1 aromatic heterocycles. The summed E-state index contributed by atoms with van der Waals surface area (Å²) in [6.45, 7) is 4.80. The van der Waals surface area contributed by atoms with Crippen LogP contribution in [-0.2, 0) is 0 Å². The number of rotatable bonds is 4. The monoisotopic (exact) mass is 205 g/mol. The summed E-state index contributed by atoms with van der Waals surface area (Å²) < 4.78 is 5.40. The second-order valence-corrected chi connectivity index (χ2v) is 3.76. The van der Waals surface area contributed by atoms with Crippen molar-refractivity contribution in [2.75, 3.05) is 12.3 Å². The standard InChI is InChI=1S/C11H15N3O/c1-8(2)3-4-15-11-9(6-12)5-10(13)7-14-11/h5,7-8H,3-4,13H2,1-2H3. The summed E-state index contributed by atoms with van der Waals surface area (Å²) in [5, 5.41) is 8.83. The quantitative estimate of drug-likeness (QED) is 0.815. The van der Waals surface area contributed by atoms with Crippen LogP contribution >= 0.6 is 0 Å². The van der Waals surface area contributed by atoms with E-state index in [2.05, 4.69) is 18.8 Å². The average Bonchev–Trinajstić information content (AvgIpc) is 2.19. The summed E-state index contributed by atoms with van der Waals surface area (Å²) in [5.74, 6) is 0.941. The minimum absolute atomic E-state index is 0.368. The molecule has 0 saturated heterocycles. The van der Waals surface area contributed by atoms with Gasteiger partial charge in [0.25, 0.3) is 0 Å². The van der Waals surface area contributed by atoms with Gasteiger partial charge in [0.15, 0.2) is 0 Å². The molecule has 0 saturated carbocycles. The van der Waals surface area contributed by atoms with Gasteiger partial charge in [-0.3, -0.25) is 0 Å². The number of nitrogens with two attached hydrogens (primary N) is 1. The molecule has 0 aliphatic carbocycles. The Bertz CT molecular complexity index is 369. The molecular formula is C11H15N3O.